The SMILES string of the molecule is CC(=O)N[C@@H](CCN1CCOCC1)[C@H](O)c1ccccc1. The summed E-state index contributed by atoms with van der Waals surface area (Å²) in [6, 6.07) is 9.20. The van der Waals surface area contributed by atoms with Gasteiger partial charge < -0.3 is 15.2 Å². The van der Waals surface area contributed by atoms with Crippen LogP contribution in [0.5, 0.6) is 0 Å². The van der Waals surface area contributed by atoms with Crippen molar-refractivity contribution >= 4 is 5.91 Å². The number of morpholine rings is 1. The van der Waals surface area contributed by atoms with Gasteiger partial charge in [-0.25, -0.2) is 0 Å². The Balaban J connectivity index is 1.94. The number of ether oxygens (including phenoxy) is 1. The minimum Gasteiger partial charge on any atom is -0.386 e. The highest BCUT2D eigenvalue weighted by Gasteiger charge is 2.23. The molecule has 1 heterocycles. The minimum atomic E-state index is -0.684. The van der Waals surface area contributed by atoms with Gasteiger partial charge in [0.1, 0.15) is 0 Å². The molecular weight excluding hydrogens is 268 g/mol. The molecule has 21 heavy (non-hydrogen) atoms. The second-order valence-corrected chi connectivity index (χ2v) is 5.41. The lowest BCUT2D eigenvalue weighted by atomic mass is 9.99. The largest absolute Gasteiger partial charge is 0.386 e. The van der Waals surface area contributed by atoms with Crippen LogP contribution in [0.25, 0.3) is 0 Å². The molecule has 1 aromatic rings. The number of hydrogen-bond donors (Lipinski definition) is 2. The van der Waals surface area contributed by atoms with Crippen molar-refractivity contribution in [2.45, 2.75) is 25.5 Å². The molecule has 5 nitrogen and oxygen atoms in total. The quantitative estimate of drug-likeness (QED) is 0.819. The van der Waals surface area contributed by atoms with Crippen LogP contribution in [-0.2, 0) is 9.53 Å². The van der Waals surface area contributed by atoms with Gasteiger partial charge in [-0.2, -0.15) is 0 Å². The molecule has 1 aromatic carbocycles. The van der Waals surface area contributed by atoms with Crippen LogP contribution >= 0.6 is 0 Å². The first-order valence-corrected chi connectivity index (χ1v) is 7.47. The highest BCUT2D eigenvalue weighted by atomic mass is 16.5. The number of aliphatic hydroxyl groups is 1. The Morgan fingerprint density at radius 3 is 2.62 bits per heavy atom. The summed E-state index contributed by atoms with van der Waals surface area (Å²) in [6.07, 6.45) is 0.0338. The van der Waals surface area contributed by atoms with Crippen molar-refractivity contribution < 1.29 is 14.6 Å². The van der Waals surface area contributed by atoms with Gasteiger partial charge in [0.2, 0.25) is 5.91 Å². The van der Waals surface area contributed by atoms with Crippen molar-refractivity contribution in [2.24, 2.45) is 0 Å². The van der Waals surface area contributed by atoms with Crippen LogP contribution < -0.4 is 5.32 Å². The number of amides is 1. The first-order valence-electron chi connectivity index (χ1n) is 7.47. The molecule has 1 aliphatic heterocycles. The topological polar surface area (TPSA) is 61.8 Å². The highest BCUT2D eigenvalue weighted by Crippen LogP contribution is 2.19. The van der Waals surface area contributed by atoms with E-state index in [1.54, 1.807) is 0 Å². The van der Waals surface area contributed by atoms with E-state index in [4.69, 9.17) is 4.74 Å². The zero-order valence-electron chi connectivity index (χ0n) is 12.5. The zero-order valence-corrected chi connectivity index (χ0v) is 12.5. The zero-order chi connectivity index (χ0) is 15.1. The predicted octanol–water partition coefficient (Wildman–Crippen LogP) is 0.947. The molecule has 116 valence electrons. The Hall–Kier alpha value is -1.43. The number of nitrogens with one attached hydrogen (secondary N) is 1. The maximum absolute atomic E-state index is 11.4. The van der Waals surface area contributed by atoms with E-state index in [9.17, 15) is 9.90 Å². The maximum atomic E-state index is 11.4. The summed E-state index contributed by atoms with van der Waals surface area (Å²) in [7, 11) is 0. The third-order valence-electron chi connectivity index (χ3n) is 3.77. The molecule has 1 aliphatic rings. The molecule has 1 saturated heterocycles. The van der Waals surface area contributed by atoms with Gasteiger partial charge in [0.25, 0.3) is 0 Å². The molecule has 5 heteroatoms. The first kappa shape index (κ1) is 15.9. The molecule has 2 atom stereocenters. The Morgan fingerprint density at radius 2 is 2.00 bits per heavy atom. The van der Waals surface area contributed by atoms with Gasteiger partial charge in [0.15, 0.2) is 0 Å². The average Bonchev–Trinajstić information content (AvgIpc) is 2.52. The van der Waals surface area contributed by atoms with E-state index in [2.05, 4.69) is 10.2 Å². The van der Waals surface area contributed by atoms with E-state index in [1.165, 1.54) is 6.92 Å². The van der Waals surface area contributed by atoms with Gasteiger partial charge in [-0.05, 0) is 12.0 Å². The lowest BCUT2D eigenvalue weighted by molar-refractivity contribution is -0.120. The van der Waals surface area contributed by atoms with Gasteiger partial charge in [0, 0.05) is 26.6 Å². The summed E-state index contributed by atoms with van der Waals surface area (Å²) in [5.41, 5.74) is 0.832. The standard InChI is InChI=1S/C16H24N2O3/c1-13(19)17-15(7-8-18-9-11-21-12-10-18)16(20)14-5-3-2-4-6-14/h2-6,15-16,20H,7-12H2,1H3,(H,17,19)/t15-,16+/m0/s1. The number of rotatable bonds is 6. The molecule has 0 saturated carbocycles. The monoisotopic (exact) mass is 292 g/mol. The molecule has 0 radical (unpaired) electrons. The smallest absolute Gasteiger partial charge is 0.217 e. The first-order chi connectivity index (χ1) is 10.2. The Kier molecular flexibility index (Phi) is 6.17. The van der Waals surface area contributed by atoms with Crippen LogP contribution in [0.1, 0.15) is 25.0 Å². The lowest BCUT2D eigenvalue weighted by Crippen LogP contribution is -2.43. The Morgan fingerprint density at radius 1 is 1.33 bits per heavy atom. The summed E-state index contributed by atoms with van der Waals surface area (Å²) in [6.45, 7) is 5.66. The Labute approximate surface area is 125 Å². The highest BCUT2D eigenvalue weighted by molar-refractivity contribution is 5.73. The molecule has 2 N–H and O–H groups in total. The molecule has 2 rings (SSSR count). The fourth-order valence-electron chi connectivity index (χ4n) is 2.60. The van der Waals surface area contributed by atoms with Gasteiger partial charge >= 0.3 is 0 Å². The summed E-state index contributed by atoms with van der Waals surface area (Å²) >= 11 is 0. The molecule has 0 spiro atoms. The number of carbonyl (C=O) groups excluding carboxylic acids is 1. The third kappa shape index (κ3) is 5.12. The van der Waals surface area contributed by atoms with E-state index < -0.39 is 6.10 Å². The van der Waals surface area contributed by atoms with Crippen molar-refractivity contribution in [1.29, 1.82) is 0 Å². The van der Waals surface area contributed by atoms with E-state index in [0.29, 0.717) is 0 Å². The van der Waals surface area contributed by atoms with E-state index in [-0.39, 0.29) is 11.9 Å². The summed E-state index contributed by atoms with van der Waals surface area (Å²) in [5.74, 6) is -0.114. The molecule has 0 aliphatic carbocycles. The van der Waals surface area contributed by atoms with Crippen LogP contribution in [0.4, 0.5) is 0 Å². The molecule has 1 fully saturated rings. The van der Waals surface area contributed by atoms with Gasteiger partial charge in [0.05, 0.1) is 25.4 Å². The van der Waals surface area contributed by atoms with E-state index in [1.807, 2.05) is 30.3 Å². The molecule has 1 amide bonds. The normalized spacial score (nSPS) is 19.0. The maximum Gasteiger partial charge on any atom is 0.217 e. The molecule has 0 aromatic heterocycles. The van der Waals surface area contributed by atoms with Crippen LogP contribution in [-0.4, -0.2) is 54.8 Å². The van der Waals surface area contributed by atoms with Gasteiger partial charge in [-0.1, -0.05) is 30.3 Å². The van der Waals surface area contributed by atoms with Crippen LogP contribution in [0.3, 0.4) is 0 Å². The summed E-state index contributed by atoms with van der Waals surface area (Å²) in [5, 5.41) is 13.4. The number of hydrogen-bond acceptors (Lipinski definition) is 4. The lowest BCUT2D eigenvalue weighted by Gasteiger charge is -2.30. The van der Waals surface area contributed by atoms with E-state index >= 15 is 0 Å². The van der Waals surface area contributed by atoms with Crippen LogP contribution in [0.15, 0.2) is 30.3 Å². The van der Waals surface area contributed by atoms with Crippen molar-refractivity contribution in [1.82, 2.24) is 10.2 Å². The van der Waals surface area contributed by atoms with Crippen molar-refractivity contribution in [3.05, 3.63) is 35.9 Å². The summed E-state index contributed by atoms with van der Waals surface area (Å²) in [4.78, 5) is 13.7. The number of nitrogens with zero attached hydrogens (tertiary/aromatic N) is 1. The van der Waals surface area contributed by atoms with Gasteiger partial charge in [-0.3, -0.25) is 9.69 Å². The predicted molar refractivity (Wildman–Crippen MR) is 80.9 cm³/mol. The fourth-order valence-corrected chi connectivity index (χ4v) is 2.60. The fraction of sp³-hybridized carbons (Fsp3) is 0.562. The van der Waals surface area contributed by atoms with Gasteiger partial charge in [-0.15, -0.1) is 0 Å². The second kappa shape index (κ2) is 8.12. The second-order valence-electron chi connectivity index (χ2n) is 5.41. The number of carbonyl (C=O) groups is 1. The van der Waals surface area contributed by atoms with Crippen LogP contribution in [0, 0.1) is 0 Å². The summed E-state index contributed by atoms with van der Waals surface area (Å²) < 4.78 is 5.33. The van der Waals surface area contributed by atoms with E-state index in [0.717, 1.165) is 44.8 Å². The number of aliphatic hydroxyl groups excluding tert-OH is 1. The molecule has 0 bridgehead atoms. The Bertz CT molecular complexity index is 432. The molecule has 0 unspecified atom stereocenters. The van der Waals surface area contributed by atoms with Crippen LogP contribution in [0.2, 0.25) is 0 Å². The van der Waals surface area contributed by atoms with Crippen molar-refractivity contribution in [3.8, 4) is 0 Å². The molecular formula is C16H24N2O3. The van der Waals surface area contributed by atoms with Crippen molar-refractivity contribution in [2.75, 3.05) is 32.8 Å². The van der Waals surface area contributed by atoms with Crippen molar-refractivity contribution in [3.63, 3.8) is 0 Å². The third-order valence-corrected chi connectivity index (χ3v) is 3.77. The average molecular weight is 292 g/mol. The number of benzene rings is 1. The minimum absolute atomic E-state index is 0.114.